The highest BCUT2D eigenvalue weighted by atomic mass is 16.5. The zero-order valence-corrected chi connectivity index (χ0v) is 15.3. The first-order valence-electron chi connectivity index (χ1n) is 8.75. The summed E-state index contributed by atoms with van der Waals surface area (Å²) in [7, 11) is 0. The molecular weight excluding hydrogens is 336 g/mol. The van der Waals surface area contributed by atoms with Crippen LogP contribution >= 0.6 is 0 Å². The number of carbonyl (C=O) groups is 2. The number of aromatic nitrogens is 1. The molecule has 0 saturated heterocycles. The van der Waals surface area contributed by atoms with E-state index in [0.717, 1.165) is 11.1 Å². The number of nitrogens with one attached hydrogen (secondary N) is 1. The lowest BCUT2D eigenvalue weighted by Gasteiger charge is -2.12. The molecule has 7 nitrogen and oxygen atoms in total. The number of pyridine rings is 1. The van der Waals surface area contributed by atoms with Crippen LogP contribution in [0.1, 0.15) is 36.7 Å². The average Bonchev–Trinajstić information content (AvgIpc) is 2.62. The van der Waals surface area contributed by atoms with E-state index in [1.54, 1.807) is 26.1 Å². The number of hydrogen-bond donors (Lipinski definition) is 1. The Morgan fingerprint density at radius 1 is 1.12 bits per heavy atom. The third kappa shape index (κ3) is 4.41. The van der Waals surface area contributed by atoms with Crippen molar-refractivity contribution in [1.29, 1.82) is 0 Å². The first-order valence-corrected chi connectivity index (χ1v) is 8.75. The van der Waals surface area contributed by atoms with Crippen molar-refractivity contribution >= 4 is 23.0 Å². The lowest BCUT2D eigenvalue weighted by molar-refractivity contribution is 0.0524. The van der Waals surface area contributed by atoms with Crippen LogP contribution in [0, 0.1) is 0 Å². The van der Waals surface area contributed by atoms with Gasteiger partial charge in [0.25, 0.3) is 0 Å². The van der Waals surface area contributed by atoms with Gasteiger partial charge in [0.1, 0.15) is 5.56 Å². The van der Waals surface area contributed by atoms with Gasteiger partial charge in [-0.05, 0) is 44.9 Å². The summed E-state index contributed by atoms with van der Waals surface area (Å²) in [4.78, 5) is 36.1. The predicted molar refractivity (Wildman–Crippen MR) is 98.6 cm³/mol. The maximum absolute atomic E-state index is 12.7. The van der Waals surface area contributed by atoms with Crippen LogP contribution < -0.4 is 10.7 Å². The summed E-state index contributed by atoms with van der Waals surface area (Å²) in [5, 5.41) is 3.11. The van der Waals surface area contributed by atoms with Crippen LogP contribution in [0.25, 0.3) is 10.9 Å². The summed E-state index contributed by atoms with van der Waals surface area (Å²) in [6, 6.07) is 5.53. The van der Waals surface area contributed by atoms with E-state index in [9.17, 15) is 14.4 Å². The largest absolute Gasteiger partial charge is 0.462 e. The van der Waals surface area contributed by atoms with Crippen LogP contribution in [-0.2, 0) is 22.4 Å². The van der Waals surface area contributed by atoms with Gasteiger partial charge in [-0.2, -0.15) is 0 Å². The molecular formula is C19H24N2O5. The SMILES string of the molecule is CCOC(=O)NCCc1ccc2c(c1)c(=O)c(C(=O)OCC)cn2CC. The first-order chi connectivity index (χ1) is 12.5. The lowest BCUT2D eigenvalue weighted by atomic mass is 10.1. The standard InChI is InChI=1S/C19H24N2O5/c1-4-21-12-15(18(23)25-5-2)17(22)14-11-13(7-8-16(14)21)9-10-20-19(24)26-6-3/h7-8,11-12H,4-6,9-10H2,1-3H3,(H,20,24). The van der Waals surface area contributed by atoms with E-state index >= 15 is 0 Å². The molecule has 0 unspecified atom stereocenters. The number of benzene rings is 1. The number of amides is 1. The second kappa shape index (κ2) is 9.03. The number of carbonyl (C=O) groups excluding carboxylic acids is 2. The number of rotatable bonds is 7. The van der Waals surface area contributed by atoms with Gasteiger partial charge in [0.15, 0.2) is 0 Å². The quantitative estimate of drug-likeness (QED) is 0.767. The van der Waals surface area contributed by atoms with E-state index in [4.69, 9.17) is 9.47 Å². The minimum Gasteiger partial charge on any atom is -0.462 e. The van der Waals surface area contributed by atoms with Crippen molar-refractivity contribution in [2.45, 2.75) is 33.7 Å². The summed E-state index contributed by atoms with van der Waals surface area (Å²) in [6.07, 6.45) is 1.63. The number of fused-ring (bicyclic) bond motifs is 1. The number of hydrogen-bond acceptors (Lipinski definition) is 5. The molecule has 0 atom stereocenters. The summed E-state index contributed by atoms with van der Waals surface area (Å²) in [5.74, 6) is -0.615. The Morgan fingerprint density at radius 2 is 1.85 bits per heavy atom. The minimum absolute atomic E-state index is 0.0306. The lowest BCUT2D eigenvalue weighted by Crippen LogP contribution is -2.26. The summed E-state index contributed by atoms with van der Waals surface area (Å²) < 4.78 is 11.6. The van der Waals surface area contributed by atoms with Gasteiger partial charge in [0.05, 0.1) is 18.7 Å². The minimum atomic E-state index is -0.615. The Bertz CT molecular complexity index is 857. The third-order valence-electron chi connectivity index (χ3n) is 3.94. The van der Waals surface area contributed by atoms with Crippen LogP contribution in [0.3, 0.4) is 0 Å². The maximum atomic E-state index is 12.7. The molecule has 0 bridgehead atoms. The zero-order valence-electron chi connectivity index (χ0n) is 15.3. The molecule has 0 saturated carbocycles. The molecule has 0 aliphatic carbocycles. The fourth-order valence-corrected chi connectivity index (χ4v) is 2.71. The molecule has 1 heterocycles. The second-order valence-corrected chi connectivity index (χ2v) is 5.63. The predicted octanol–water partition coefficient (Wildman–Crippen LogP) is 2.49. The van der Waals surface area contributed by atoms with Crippen molar-refractivity contribution in [3.8, 4) is 0 Å². The van der Waals surface area contributed by atoms with Crippen molar-refractivity contribution in [2.24, 2.45) is 0 Å². The third-order valence-corrected chi connectivity index (χ3v) is 3.94. The molecule has 0 radical (unpaired) electrons. The molecule has 1 aromatic heterocycles. The van der Waals surface area contributed by atoms with Gasteiger partial charge in [0.2, 0.25) is 5.43 Å². The van der Waals surface area contributed by atoms with Gasteiger partial charge < -0.3 is 19.4 Å². The molecule has 1 aromatic carbocycles. The molecule has 140 valence electrons. The van der Waals surface area contributed by atoms with E-state index in [1.165, 1.54) is 0 Å². The van der Waals surface area contributed by atoms with Crippen molar-refractivity contribution in [3.05, 3.63) is 45.7 Å². The van der Waals surface area contributed by atoms with E-state index in [-0.39, 0.29) is 17.6 Å². The van der Waals surface area contributed by atoms with Crippen molar-refractivity contribution in [3.63, 3.8) is 0 Å². The Morgan fingerprint density at radius 3 is 2.50 bits per heavy atom. The number of aryl methyl sites for hydroxylation is 1. The smallest absolute Gasteiger partial charge is 0.407 e. The Balaban J connectivity index is 2.34. The van der Waals surface area contributed by atoms with Gasteiger partial charge in [-0.1, -0.05) is 6.07 Å². The van der Waals surface area contributed by atoms with Crippen LogP contribution in [0.2, 0.25) is 0 Å². The molecule has 2 rings (SSSR count). The summed E-state index contributed by atoms with van der Waals surface area (Å²) >= 11 is 0. The molecule has 0 spiro atoms. The highest BCUT2D eigenvalue weighted by Crippen LogP contribution is 2.15. The van der Waals surface area contributed by atoms with Gasteiger partial charge in [-0.25, -0.2) is 9.59 Å². The molecule has 0 fully saturated rings. The number of nitrogens with zero attached hydrogens (tertiary/aromatic N) is 1. The Kier molecular flexibility index (Phi) is 6.77. The van der Waals surface area contributed by atoms with Crippen molar-refractivity contribution < 1.29 is 19.1 Å². The maximum Gasteiger partial charge on any atom is 0.407 e. The van der Waals surface area contributed by atoms with Gasteiger partial charge in [-0.15, -0.1) is 0 Å². The van der Waals surface area contributed by atoms with E-state index in [1.807, 2.05) is 23.6 Å². The first kappa shape index (κ1) is 19.5. The molecule has 1 amide bonds. The van der Waals surface area contributed by atoms with Crippen LogP contribution in [0.15, 0.2) is 29.2 Å². The normalized spacial score (nSPS) is 10.6. The fourth-order valence-electron chi connectivity index (χ4n) is 2.71. The monoisotopic (exact) mass is 360 g/mol. The topological polar surface area (TPSA) is 86.6 Å². The zero-order chi connectivity index (χ0) is 19.1. The van der Waals surface area contributed by atoms with Crippen LogP contribution in [-0.4, -0.2) is 36.4 Å². The van der Waals surface area contributed by atoms with Gasteiger partial charge in [-0.3, -0.25) is 4.79 Å². The molecule has 26 heavy (non-hydrogen) atoms. The molecule has 0 aliphatic rings. The van der Waals surface area contributed by atoms with Crippen LogP contribution in [0.5, 0.6) is 0 Å². The summed E-state index contributed by atoms with van der Waals surface area (Å²) in [6.45, 7) is 6.92. The van der Waals surface area contributed by atoms with E-state index < -0.39 is 12.1 Å². The summed E-state index contributed by atoms with van der Waals surface area (Å²) in [5.41, 5.74) is 1.33. The second-order valence-electron chi connectivity index (χ2n) is 5.63. The van der Waals surface area contributed by atoms with Crippen LogP contribution in [0.4, 0.5) is 4.79 Å². The number of esters is 1. The molecule has 1 N–H and O–H groups in total. The molecule has 0 aliphatic heterocycles. The highest BCUT2D eigenvalue weighted by molar-refractivity contribution is 5.93. The fraction of sp³-hybridized carbons (Fsp3) is 0.421. The number of alkyl carbamates (subject to hydrolysis) is 1. The van der Waals surface area contributed by atoms with Gasteiger partial charge in [0, 0.05) is 24.7 Å². The average molecular weight is 360 g/mol. The highest BCUT2D eigenvalue weighted by Gasteiger charge is 2.16. The number of ether oxygens (including phenoxy) is 2. The van der Waals surface area contributed by atoms with Gasteiger partial charge >= 0.3 is 12.1 Å². The van der Waals surface area contributed by atoms with E-state index in [2.05, 4.69) is 5.32 Å². The molecule has 2 aromatic rings. The Labute approximate surface area is 151 Å². The van der Waals surface area contributed by atoms with E-state index in [0.29, 0.717) is 31.5 Å². The van der Waals surface area contributed by atoms with Crippen molar-refractivity contribution in [1.82, 2.24) is 9.88 Å². The Hall–Kier alpha value is -2.83. The molecule has 7 heteroatoms. The van der Waals surface area contributed by atoms with Crippen molar-refractivity contribution in [2.75, 3.05) is 19.8 Å².